The largest absolute Gasteiger partial charge is 0.477 e. The first-order chi connectivity index (χ1) is 9.08. The molecule has 1 N–H and O–H groups in total. The molecule has 0 aliphatic carbocycles. The second kappa shape index (κ2) is 3.94. The van der Waals surface area contributed by atoms with E-state index < -0.39 is 5.97 Å². The Kier molecular flexibility index (Phi) is 2.38. The first-order valence-electron chi connectivity index (χ1n) is 5.72. The third kappa shape index (κ3) is 1.69. The highest BCUT2D eigenvalue weighted by molar-refractivity contribution is 5.88. The van der Waals surface area contributed by atoms with Crippen LogP contribution in [0.1, 0.15) is 22.0 Å². The van der Waals surface area contributed by atoms with E-state index in [-0.39, 0.29) is 5.69 Å². The number of nitrogens with zero attached hydrogens (tertiary/aromatic N) is 3. The molecule has 0 amide bonds. The number of aryl methyl sites for hydroxylation is 2. The fraction of sp³-hybridized carbons (Fsp3) is 0.154. The molecule has 0 unspecified atom stereocenters. The molecule has 0 bridgehead atoms. The summed E-state index contributed by atoms with van der Waals surface area (Å²) in [6, 6.07) is 5.29. The van der Waals surface area contributed by atoms with Gasteiger partial charge >= 0.3 is 5.97 Å². The minimum atomic E-state index is -1.01. The van der Waals surface area contributed by atoms with E-state index >= 15 is 0 Å². The van der Waals surface area contributed by atoms with Crippen molar-refractivity contribution in [3.63, 3.8) is 0 Å². The lowest BCUT2D eigenvalue weighted by molar-refractivity contribution is 0.0688. The third-order valence-electron chi connectivity index (χ3n) is 2.93. The van der Waals surface area contributed by atoms with Gasteiger partial charge in [0.15, 0.2) is 11.5 Å². The molecule has 0 saturated carbocycles. The minimum Gasteiger partial charge on any atom is -0.477 e. The summed E-state index contributed by atoms with van der Waals surface area (Å²) in [4.78, 5) is 19.9. The van der Waals surface area contributed by atoms with Gasteiger partial charge in [-0.1, -0.05) is 0 Å². The molecule has 3 heterocycles. The van der Waals surface area contributed by atoms with Crippen LogP contribution in [0.4, 0.5) is 0 Å². The van der Waals surface area contributed by atoms with E-state index in [1.165, 1.54) is 4.40 Å². The maximum absolute atomic E-state index is 11.3. The van der Waals surface area contributed by atoms with Crippen molar-refractivity contribution in [2.45, 2.75) is 13.8 Å². The quantitative estimate of drug-likeness (QED) is 0.761. The Labute approximate surface area is 108 Å². The zero-order chi connectivity index (χ0) is 13.6. The Hall–Kier alpha value is -2.63. The maximum atomic E-state index is 11.3. The smallest absolute Gasteiger partial charge is 0.354 e. The summed E-state index contributed by atoms with van der Waals surface area (Å²) < 4.78 is 6.82. The molecule has 0 aromatic carbocycles. The van der Waals surface area contributed by atoms with E-state index in [0.29, 0.717) is 28.6 Å². The summed E-state index contributed by atoms with van der Waals surface area (Å²) in [7, 11) is 0. The average Bonchev–Trinajstić information content (AvgIpc) is 2.94. The Morgan fingerprint density at radius 3 is 2.79 bits per heavy atom. The molecule has 3 rings (SSSR count). The number of furan rings is 1. The van der Waals surface area contributed by atoms with E-state index in [2.05, 4.69) is 9.97 Å². The van der Waals surface area contributed by atoms with Gasteiger partial charge in [-0.15, -0.1) is 0 Å². The number of carboxylic acids is 1. The van der Waals surface area contributed by atoms with Crippen molar-refractivity contribution >= 4 is 11.6 Å². The first-order valence-corrected chi connectivity index (χ1v) is 5.72. The molecule has 0 spiro atoms. The number of imidazole rings is 1. The number of fused-ring (bicyclic) bond motifs is 1. The first kappa shape index (κ1) is 11.5. The van der Waals surface area contributed by atoms with Crippen LogP contribution in [0.25, 0.3) is 17.1 Å². The Morgan fingerprint density at radius 2 is 2.16 bits per heavy atom. The molecule has 0 aliphatic heterocycles. The van der Waals surface area contributed by atoms with Gasteiger partial charge in [0.05, 0.1) is 12.0 Å². The normalized spacial score (nSPS) is 11.1. The molecule has 96 valence electrons. The lowest BCUT2D eigenvalue weighted by atomic mass is 10.3. The molecule has 0 saturated heterocycles. The van der Waals surface area contributed by atoms with Crippen LogP contribution in [0, 0.1) is 13.8 Å². The topological polar surface area (TPSA) is 80.6 Å². The molecule has 0 atom stereocenters. The van der Waals surface area contributed by atoms with Crippen LogP contribution >= 0.6 is 0 Å². The summed E-state index contributed by atoms with van der Waals surface area (Å²) in [5.74, 6) is 0.172. The number of aromatic carboxylic acids is 1. The molecule has 0 radical (unpaired) electrons. The van der Waals surface area contributed by atoms with E-state index in [1.807, 2.05) is 0 Å². The summed E-state index contributed by atoms with van der Waals surface area (Å²) in [5.41, 5.74) is 1.80. The number of carbonyl (C=O) groups is 1. The SMILES string of the molecule is Cc1nc2cc(-c3ccco3)nc(C)n2c1C(=O)O. The van der Waals surface area contributed by atoms with Gasteiger partial charge in [-0.25, -0.2) is 14.8 Å². The Balaban J connectivity index is 2.32. The van der Waals surface area contributed by atoms with Gasteiger partial charge in [0.2, 0.25) is 0 Å². The fourth-order valence-electron chi connectivity index (χ4n) is 2.16. The molecule has 6 nitrogen and oxygen atoms in total. The lowest BCUT2D eigenvalue weighted by Gasteiger charge is -2.04. The number of hydrogen-bond donors (Lipinski definition) is 1. The Morgan fingerprint density at radius 1 is 1.37 bits per heavy atom. The summed E-state index contributed by atoms with van der Waals surface area (Å²) in [6.07, 6.45) is 1.57. The van der Waals surface area contributed by atoms with E-state index in [1.54, 1.807) is 38.3 Å². The number of hydrogen-bond acceptors (Lipinski definition) is 4. The van der Waals surface area contributed by atoms with Gasteiger partial charge in [0.1, 0.15) is 17.2 Å². The summed E-state index contributed by atoms with van der Waals surface area (Å²) in [5, 5.41) is 9.22. The fourth-order valence-corrected chi connectivity index (χ4v) is 2.16. The van der Waals surface area contributed by atoms with Crippen molar-refractivity contribution in [3.8, 4) is 11.5 Å². The monoisotopic (exact) mass is 257 g/mol. The molecule has 0 aliphatic rings. The number of rotatable bonds is 2. The number of aromatic nitrogens is 3. The Bertz CT molecular complexity index is 772. The van der Waals surface area contributed by atoms with Gasteiger partial charge in [-0.05, 0) is 26.0 Å². The van der Waals surface area contributed by atoms with Crippen molar-refractivity contribution in [3.05, 3.63) is 41.7 Å². The van der Waals surface area contributed by atoms with Crippen LogP contribution in [-0.2, 0) is 0 Å². The summed E-state index contributed by atoms with van der Waals surface area (Å²) in [6.45, 7) is 3.41. The van der Waals surface area contributed by atoms with Crippen molar-refractivity contribution in [2.75, 3.05) is 0 Å². The van der Waals surface area contributed by atoms with Crippen molar-refractivity contribution in [1.29, 1.82) is 0 Å². The molecule has 19 heavy (non-hydrogen) atoms. The van der Waals surface area contributed by atoms with Gasteiger partial charge in [-0.2, -0.15) is 0 Å². The van der Waals surface area contributed by atoms with E-state index in [4.69, 9.17) is 4.42 Å². The zero-order valence-electron chi connectivity index (χ0n) is 10.4. The highest BCUT2D eigenvalue weighted by Crippen LogP contribution is 2.22. The second-order valence-corrected chi connectivity index (χ2v) is 4.21. The van der Waals surface area contributed by atoms with Crippen LogP contribution in [0.3, 0.4) is 0 Å². The van der Waals surface area contributed by atoms with Gasteiger partial charge in [0, 0.05) is 6.07 Å². The highest BCUT2D eigenvalue weighted by atomic mass is 16.4. The minimum absolute atomic E-state index is 0.144. The molecule has 6 heteroatoms. The summed E-state index contributed by atoms with van der Waals surface area (Å²) >= 11 is 0. The molecular formula is C13H11N3O3. The standard InChI is InChI=1S/C13H11N3O3/c1-7-12(13(17)18)16-8(2)15-9(6-11(16)14-7)10-4-3-5-19-10/h3-6H,1-2H3,(H,17,18). The van der Waals surface area contributed by atoms with Crippen LogP contribution in [0.2, 0.25) is 0 Å². The lowest BCUT2D eigenvalue weighted by Crippen LogP contribution is -2.07. The average molecular weight is 257 g/mol. The van der Waals surface area contributed by atoms with Gasteiger partial charge in [-0.3, -0.25) is 4.40 Å². The molecule has 3 aromatic rings. The predicted molar refractivity (Wildman–Crippen MR) is 67.1 cm³/mol. The molecular weight excluding hydrogens is 246 g/mol. The maximum Gasteiger partial charge on any atom is 0.354 e. The molecule has 3 aromatic heterocycles. The van der Waals surface area contributed by atoms with Crippen LogP contribution in [-0.4, -0.2) is 25.4 Å². The van der Waals surface area contributed by atoms with Crippen LogP contribution < -0.4 is 0 Å². The zero-order valence-corrected chi connectivity index (χ0v) is 10.4. The van der Waals surface area contributed by atoms with E-state index in [0.717, 1.165) is 0 Å². The van der Waals surface area contributed by atoms with Crippen molar-refractivity contribution < 1.29 is 14.3 Å². The molecule has 0 fully saturated rings. The van der Waals surface area contributed by atoms with Crippen LogP contribution in [0.15, 0.2) is 28.9 Å². The predicted octanol–water partition coefficient (Wildman–Crippen LogP) is 2.30. The second-order valence-electron chi connectivity index (χ2n) is 4.21. The number of carboxylic acid groups (broad SMARTS) is 1. The van der Waals surface area contributed by atoms with E-state index in [9.17, 15) is 9.90 Å². The van der Waals surface area contributed by atoms with Crippen LogP contribution in [0.5, 0.6) is 0 Å². The van der Waals surface area contributed by atoms with Crippen molar-refractivity contribution in [1.82, 2.24) is 14.4 Å². The highest BCUT2D eigenvalue weighted by Gasteiger charge is 2.18. The van der Waals surface area contributed by atoms with Crippen molar-refractivity contribution in [2.24, 2.45) is 0 Å². The van der Waals surface area contributed by atoms with Gasteiger partial charge < -0.3 is 9.52 Å². The third-order valence-corrected chi connectivity index (χ3v) is 2.93. The van der Waals surface area contributed by atoms with Gasteiger partial charge in [0.25, 0.3) is 0 Å².